The van der Waals surface area contributed by atoms with Gasteiger partial charge >= 0.3 is 5.97 Å². The number of hydrogen-bond donors (Lipinski definition) is 1. The summed E-state index contributed by atoms with van der Waals surface area (Å²) in [5, 5.41) is 17.7. The molecule has 5 heteroatoms. The summed E-state index contributed by atoms with van der Waals surface area (Å²) in [7, 11) is 0. The Morgan fingerprint density at radius 1 is 1.63 bits per heavy atom. The van der Waals surface area contributed by atoms with E-state index in [1.54, 1.807) is 12.1 Å². The normalized spacial score (nSPS) is 23.2. The molecule has 0 radical (unpaired) electrons. The summed E-state index contributed by atoms with van der Waals surface area (Å²) in [6.07, 6.45) is 0.592. The van der Waals surface area contributed by atoms with Crippen LogP contribution in [0, 0.1) is 23.1 Å². The number of aliphatic carboxylic acids is 1. The molecule has 1 heterocycles. The van der Waals surface area contributed by atoms with Gasteiger partial charge in [-0.2, -0.15) is 5.26 Å². The number of benzene rings is 1. The second-order valence-corrected chi connectivity index (χ2v) is 4.86. The third-order valence-corrected chi connectivity index (χ3v) is 3.76. The highest BCUT2D eigenvalue weighted by Gasteiger charge is 2.35. The van der Waals surface area contributed by atoms with Crippen LogP contribution in [0.1, 0.15) is 24.5 Å². The van der Waals surface area contributed by atoms with Crippen molar-refractivity contribution in [3.8, 4) is 6.07 Å². The highest BCUT2D eigenvalue weighted by atomic mass is 19.1. The zero-order valence-electron chi connectivity index (χ0n) is 10.6. The van der Waals surface area contributed by atoms with Crippen molar-refractivity contribution < 1.29 is 14.3 Å². The Hall–Kier alpha value is -1.93. The van der Waals surface area contributed by atoms with E-state index in [0.29, 0.717) is 30.6 Å². The summed E-state index contributed by atoms with van der Waals surface area (Å²) < 4.78 is 13.8. The number of halogens is 1. The van der Waals surface area contributed by atoms with Gasteiger partial charge in [0.15, 0.2) is 0 Å². The van der Waals surface area contributed by atoms with Crippen molar-refractivity contribution in [1.29, 1.82) is 5.26 Å². The number of carbonyl (C=O) groups is 1. The van der Waals surface area contributed by atoms with Crippen LogP contribution in [0.4, 0.5) is 4.39 Å². The summed E-state index contributed by atoms with van der Waals surface area (Å²) in [5.41, 5.74) is 0.788. The molecule has 1 N–H and O–H groups in total. The third-order valence-electron chi connectivity index (χ3n) is 3.76. The summed E-state index contributed by atoms with van der Waals surface area (Å²) in [6.45, 7) is 2.88. The molecular weight excluding hydrogens is 247 g/mol. The molecule has 1 aliphatic heterocycles. The van der Waals surface area contributed by atoms with Crippen molar-refractivity contribution in [2.45, 2.75) is 25.9 Å². The average molecular weight is 262 g/mol. The monoisotopic (exact) mass is 262 g/mol. The van der Waals surface area contributed by atoms with Gasteiger partial charge in [0.25, 0.3) is 0 Å². The van der Waals surface area contributed by atoms with Crippen molar-refractivity contribution in [2.75, 3.05) is 6.54 Å². The van der Waals surface area contributed by atoms with Crippen LogP contribution in [0.3, 0.4) is 0 Å². The lowest BCUT2D eigenvalue weighted by Crippen LogP contribution is -2.32. The van der Waals surface area contributed by atoms with E-state index in [1.165, 1.54) is 6.07 Å². The molecule has 19 heavy (non-hydrogen) atoms. The smallest absolute Gasteiger partial charge is 0.308 e. The summed E-state index contributed by atoms with van der Waals surface area (Å²) in [4.78, 5) is 13.0. The van der Waals surface area contributed by atoms with Crippen LogP contribution in [0.15, 0.2) is 18.2 Å². The highest BCUT2D eigenvalue weighted by Crippen LogP contribution is 2.26. The van der Waals surface area contributed by atoms with Crippen LogP contribution in [0.2, 0.25) is 0 Å². The fourth-order valence-corrected chi connectivity index (χ4v) is 2.52. The van der Waals surface area contributed by atoms with Gasteiger partial charge in [-0.05, 0) is 32.0 Å². The molecule has 100 valence electrons. The third kappa shape index (κ3) is 2.74. The Morgan fingerprint density at radius 2 is 2.37 bits per heavy atom. The summed E-state index contributed by atoms with van der Waals surface area (Å²) >= 11 is 0. The SMILES string of the molecule is CC1C(C(=O)O)CCN1Cc1ccc(C#N)cc1F. The van der Waals surface area contributed by atoms with Crippen molar-refractivity contribution in [2.24, 2.45) is 5.92 Å². The fourth-order valence-electron chi connectivity index (χ4n) is 2.52. The van der Waals surface area contributed by atoms with Crippen LogP contribution in [0.25, 0.3) is 0 Å². The molecule has 0 spiro atoms. The van der Waals surface area contributed by atoms with Gasteiger partial charge in [-0.15, -0.1) is 0 Å². The molecule has 1 aromatic rings. The lowest BCUT2D eigenvalue weighted by molar-refractivity contribution is -0.142. The fraction of sp³-hybridized carbons (Fsp3) is 0.429. The standard InChI is InChI=1S/C14H15FN2O2/c1-9-12(14(18)19)4-5-17(9)8-11-3-2-10(7-16)6-13(11)15/h2-3,6,9,12H,4-5,8H2,1H3,(H,18,19). The van der Waals surface area contributed by atoms with Gasteiger partial charge < -0.3 is 5.11 Å². The molecular formula is C14H15FN2O2. The number of nitrogens with zero attached hydrogens (tertiary/aromatic N) is 2. The molecule has 1 fully saturated rings. The van der Waals surface area contributed by atoms with Gasteiger partial charge in [0.05, 0.1) is 17.6 Å². The van der Waals surface area contributed by atoms with E-state index in [1.807, 2.05) is 17.9 Å². The first-order valence-corrected chi connectivity index (χ1v) is 6.18. The van der Waals surface area contributed by atoms with Crippen LogP contribution in [-0.4, -0.2) is 28.6 Å². The Labute approximate surface area is 111 Å². The summed E-state index contributed by atoms with van der Waals surface area (Å²) in [6, 6.07) is 6.17. The number of carboxylic acids is 1. The van der Waals surface area contributed by atoms with E-state index in [9.17, 15) is 9.18 Å². The quantitative estimate of drug-likeness (QED) is 0.904. The Bertz CT molecular complexity index is 539. The van der Waals surface area contributed by atoms with Crippen molar-refractivity contribution >= 4 is 5.97 Å². The zero-order chi connectivity index (χ0) is 14.0. The van der Waals surface area contributed by atoms with Gasteiger partial charge in [-0.25, -0.2) is 4.39 Å². The van der Waals surface area contributed by atoms with E-state index >= 15 is 0 Å². The minimum Gasteiger partial charge on any atom is -0.481 e. The van der Waals surface area contributed by atoms with Crippen LogP contribution in [0.5, 0.6) is 0 Å². The Balaban J connectivity index is 2.11. The second kappa shape index (κ2) is 5.37. The lowest BCUT2D eigenvalue weighted by atomic mass is 10.0. The largest absolute Gasteiger partial charge is 0.481 e. The first kappa shape index (κ1) is 13.5. The summed E-state index contributed by atoms with van der Waals surface area (Å²) in [5.74, 6) is -1.60. The van der Waals surface area contributed by atoms with Gasteiger partial charge in [-0.3, -0.25) is 9.69 Å². The first-order chi connectivity index (χ1) is 9.02. The van der Waals surface area contributed by atoms with E-state index in [4.69, 9.17) is 10.4 Å². The molecule has 2 atom stereocenters. The molecule has 1 aliphatic rings. The van der Waals surface area contributed by atoms with Gasteiger partial charge in [0.2, 0.25) is 0 Å². The Kier molecular flexibility index (Phi) is 3.82. The lowest BCUT2D eigenvalue weighted by Gasteiger charge is -2.23. The van der Waals surface area contributed by atoms with E-state index < -0.39 is 11.8 Å². The van der Waals surface area contributed by atoms with E-state index in [0.717, 1.165) is 0 Å². The van der Waals surface area contributed by atoms with Crippen molar-refractivity contribution in [3.63, 3.8) is 0 Å². The van der Waals surface area contributed by atoms with Crippen LogP contribution >= 0.6 is 0 Å². The van der Waals surface area contributed by atoms with Gasteiger partial charge in [0, 0.05) is 18.2 Å². The number of hydrogen-bond acceptors (Lipinski definition) is 3. The van der Waals surface area contributed by atoms with Crippen LogP contribution in [-0.2, 0) is 11.3 Å². The molecule has 2 rings (SSSR count). The van der Waals surface area contributed by atoms with Crippen LogP contribution < -0.4 is 0 Å². The van der Waals surface area contributed by atoms with Gasteiger partial charge in [-0.1, -0.05) is 6.07 Å². The van der Waals surface area contributed by atoms with E-state index in [2.05, 4.69) is 0 Å². The molecule has 2 unspecified atom stereocenters. The second-order valence-electron chi connectivity index (χ2n) is 4.86. The highest BCUT2D eigenvalue weighted by molar-refractivity contribution is 5.71. The predicted octanol–water partition coefficient (Wildman–Crippen LogP) is 1.99. The number of nitriles is 1. The maximum Gasteiger partial charge on any atom is 0.308 e. The number of rotatable bonds is 3. The maximum absolute atomic E-state index is 13.8. The zero-order valence-corrected chi connectivity index (χ0v) is 10.6. The van der Waals surface area contributed by atoms with E-state index in [-0.39, 0.29) is 12.0 Å². The molecule has 0 aromatic heterocycles. The minimum atomic E-state index is -0.796. The molecule has 1 aromatic carbocycles. The average Bonchev–Trinajstić information content (AvgIpc) is 2.73. The molecule has 0 bridgehead atoms. The molecule has 0 amide bonds. The maximum atomic E-state index is 13.8. The number of carboxylic acid groups (broad SMARTS) is 1. The van der Waals surface area contributed by atoms with Crippen molar-refractivity contribution in [1.82, 2.24) is 4.90 Å². The molecule has 4 nitrogen and oxygen atoms in total. The molecule has 0 aliphatic carbocycles. The first-order valence-electron chi connectivity index (χ1n) is 6.18. The Morgan fingerprint density at radius 3 is 2.89 bits per heavy atom. The van der Waals surface area contributed by atoms with Crippen molar-refractivity contribution in [3.05, 3.63) is 35.1 Å². The minimum absolute atomic E-state index is 0.104. The predicted molar refractivity (Wildman–Crippen MR) is 66.7 cm³/mol. The number of likely N-dealkylation sites (tertiary alicyclic amines) is 1. The molecule has 0 saturated carbocycles. The van der Waals surface area contributed by atoms with Gasteiger partial charge in [0.1, 0.15) is 5.82 Å². The topological polar surface area (TPSA) is 64.3 Å². The molecule has 1 saturated heterocycles.